The molecule has 2 aliphatic heterocycles. The summed E-state index contributed by atoms with van der Waals surface area (Å²) in [6.07, 6.45) is -1.78. The van der Waals surface area contributed by atoms with Gasteiger partial charge in [0, 0.05) is 6.61 Å². The normalized spacial score (nSPS) is 31.8. The summed E-state index contributed by atoms with van der Waals surface area (Å²) >= 11 is 0. The predicted molar refractivity (Wildman–Crippen MR) is 90.8 cm³/mol. The molecule has 1 N–H and O–H groups in total. The fraction of sp³-hybridized carbons (Fsp3) is 0.684. The monoisotopic (exact) mass is 352 g/mol. The molecule has 0 spiro atoms. The molecular weight excluding hydrogens is 324 g/mol. The summed E-state index contributed by atoms with van der Waals surface area (Å²) in [5.41, 5.74) is 1.06. The highest BCUT2D eigenvalue weighted by molar-refractivity contribution is 5.13. The fourth-order valence-corrected chi connectivity index (χ4v) is 3.21. The largest absolute Gasteiger partial charge is 0.388 e. The molecule has 2 saturated heterocycles. The number of ether oxygens (including phenoxy) is 5. The van der Waals surface area contributed by atoms with Crippen LogP contribution in [0.25, 0.3) is 0 Å². The summed E-state index contributed by atoms with van der Waals surface area (Å²) in [6.45, 7) is 6.94. The molecule has 1 aromatic rings. The number of rotatable bonds is 8. The highest BCUT2D eigenvalue weighted by atomic mass is 16.8. The molecule has 3 rings (SSSR count). The van der Waals surface area contributed by atoms with Crippen LogP contribution in [0.3, 0.4) is 0 Å². The van der Waals surface area contributed by atoms with Gasteiger partial charge in [0.05, 0.1) is 13.2 Å². The number of aliphatic hydroxyl groups is 1. The van der Waals surface area contributed by atoms with Crippen LogP contribution in [-0.2, 0) is 30.3 Å². The molecule has 0 unspecified atom stereocenters. The maximum Gasteiger partial charge on any atom is 0.190 e. The van der Waals surface area contributed by atoms with Crippen LogP contribution < -0.4 is 0 Å². The lowest BCUT2D eigenvalue weighted by Crippen LogP contribution is -2.44. The van der Waals surface area contributed by atoms with E-state index in [1.54, 1.807) is 0 Å². The maximum atomic E-state index is 10.5. The number of aliphatic hydroxyl groups excluding tert-OH is 1. The highest BCUT2D eigenvalue weighted by Crippen LogP contribution is 2.40. The molecule has 0 aliphatic carbocycles. The predicted octanol–water partition coefficient (Wildman–Crippen LogP) is 2.24. The van der Waals surface area contributed by atoms with Gasteiger partial charge >= 0.3 is 0 Å². The first-order valence-electron chi connectivity index (χ1n) is 8.92. The molecule has 140 valence electrons. The number of hydrogen-bond acceptors (Lipinski definition) is 6. The second kappa shape index (κ2) is 8.12. The molecule has 0 bridgehead atoms. The molecule has 2 heterocycles. The van der Waals surface area contributed by atoms with Crippen LogP contribution in [-0.4, -0.2) is 54.8 Å². The van der Waals surface area contributed by atoms with E-state index in [2.05, 4.69) is 0 Å². The smallest absolute Gasteiger partial charge is 0.190 e. The SMILES string of the molecule is CCCOC[C@@H](O)[C@H]1O[C@@H]2OC(C)(C)O[C@@H]2[C@@H]1OCc1ccccc1. The van der Waals surface area contributed by atoms with E-state index >= 15 is 0 Å². The van der Waals surface area contributed by atoms with Gasteiger partial charge < -0.3 is 28.8 Å². The first-order valence-corrected chi connectivity index (χ1v) is 8.92. The zero-order chi connectivity index (χ0) is 17.9. The lowest BCUT2D eigenvalue weighted by Gasteiger charge is -2.28. The number of fused-ring (bicyclic) bond motifs is 1. The molecule has 1 aromatic carbocycles. The van der Waals surface area contributed by atoms with Crippen molar-refractivity contribution in [1.82, 2.24) is 0 Å². The van der Waals surface area contributed by atoms with Crippen molar-refractivity contribution < 1.29 is 28.8 Å². The van der Waals surface area contributed by atoms with E-state index in [9.17, 15) is 5.11 Å². The Morgan fingerprint density at radius 3 is 2.68 bits per heavy atom. The van der Waals surface area contributed by atoms with E-state index in [0.717, 1.165) is 12.0 Å². The number of hydrogen-bond donors (Lipinski definition) is 1. The van der Waals surface area contributed by atoms with Crippen molar-refractivity contribution in [2.24, 2.45) is 0 Å². The summed E-state index contributed by atoms with van der Waals surface area (Å²) < 4.78 is 29.2. The lowest BCUT2D eigenvalue weighted by atomic mass is 10.1. The van der Waals surface area contributed by atoms with Crippen molar-refractivity contribution in [3.63, 3.8) is 0 Å². The van der Waals surface area contributed by atoms with E-state index in [-0.39, 0.29) is 12.7 Å². The van der Waals surface area contributed by atoms with Crippen molar-refractivity contribution in [2.75, 3.05) is 13.2 Å². The van der Waals surface area contributed by atoms with Gasteiger partial charge in [0.15, 0.2) is 12.1 Å². The minimum absolute atomic E-state index is 0.201. The van der Waals surface area contributed by atoms with Crippen LogP contribution in [0.5, 0.6) is 0 Å². The average molecular weight is 352 g/mol. The van der Waals surface area contributed by atoms with Gasteiger partial charge in [-0.2, -0.15) is 0 Å². The van der Waals surface area contributed by atoms with Crippen LogP contribution in [0, 0.1) is 0 Å². The zero-order valence-corrected chi connectivity index (χ0v) is 15.1. The Morgan fingerprint density at radius 2 is 1.96 bits per heavy atom. The number of benzene rings is 1. The molecular formula is C19H28O6. The van der Waals surface area contributed by atoms with E-state index in [1.165, 1.54) is 0 Å². The van der Waals surface area contributed by atoms with E-state index < -0.39 is 30.4 Å². The van der Waals surface area contributed by atoms with Gasteiger partial charge in [0.1, 0.15) is 24.4 Å². The molecule has 0 saturated carbocycles. The molecule has 25 heavy (non-hydrogen) atoms. The summed E-state index contributed by atoms with van der Waals surface area (Å²) in [7, 11) is 0. The Morgan fingerprint density at radius 1 is 1.20 bits per heavy atom. The van der Waals surface area contributed by atoms with Gasteiger partial charge in [-0.25, -0.2) is 0 Å². The summed E-state index contributed by atoms with van der Waals surface area (Å²) in [5, 5.41) is 10.5. The van der Waals surface area contributed by atoms with Gasteiger partial charge in [-0.05, 0) is 25.8 Å². The van der Waals surface area contributed by atoms with Gasteiger partial charge in [0.25, 0.3) is 0 Å². The lowest BCUT2D eigenvalue weighted by molar-refractivity contribution is -0.233. The van der Waals surface area contributed by atoms with Crippen molar-refractivity contribution in [3.05, 3.63) is 35.9 Å². The van der Waals surface area contributed by atoms with Crippen LogP contribution in [0.2, 0.25) is 0 Å². The molecule has 0 radical (unpaired) electrons. The van der Waals surface area contributed by atoms with E-state index in [0.29, 0.717) is 13.2 Å². The highest BCUT2D eigenvalue weighted by Gasteiger charge is 2.57. The van der Waals surface area contributed by atoms with Crippen LogP contribution in [0.15, 0.2) is 30.3 Å². The first-order chi connectivity index (χ1) is 12.0. The molecule has 6 nitrogen and oxygen atoms in total. The maximum absolute atomic E-state index is 10.5. The third kappa shape index (κ3) is 4.58. The Balaban J connectivity index is 1.66. The minimum Gasteiger partial charge on any atom is -0.388 e. The molecule has 6 heteroatoms. The zero-order valence-electron chi connectivity index (χ0n) is 15.1. The van der Waals surface area contributed by atoms with Gasteiger partial charge in [-0.1, -0.05) is 37.3 Å². The Bertz CT molecular complexity index is 534. The Labute approximate surface area is 149 Å². The standard InChI is InChI=1S/C19H28O6/c1-4-10-21-12-14(20)15-16(22-11-13-8-6-5-7-9-13)17-18(23-15)25-19(2,3)24-17/h5-9,14-18,20H,4,10-12H2,1-3H3/t14-,15-,16-,17-,18-/m1/s1. The molecule has 0 amide bonds. The van der Waals surface area contributed by atoms with E-state index in [1.807, 2.05) is 51.1 Å². The third-order valence-corrected chi connectivity index (χ3v) is 4.33. The summed E-state index contributed by atoms with van der Waals surface area (Å²) in [6, 6.07) is 9.90. The summed E-state index contributed by atoms with van der Waals surface area (Å²) in [5.74, 6) is -0.724. The van der Waals surface area contributed by atoms with Gasteiger partial charge in [0.2, 0.25) is 0 Å². The molecule has 2 aliphatic rings. The molecule has 2 fully saturated rings. The van der Waals surface area contributed by atoms with Crippen LogP contribution >= 0.6 is 0 Å². The van der Waals surface area contributed by atoms with Crippen molar-refractivity contribution in [1.29, 1.82) is 0 Å². The fourth-order valence-electron chi connectivity index (χ4n) is 3.21. The Kier molecular flexibility index (Phi) is 6.09. The topological polar surface area (TPSA) is 66.4 Å². The van der Waals surface area contributed by atoms with Crippen LogP contribution in [0.4, 0.5) is 0 Å². The minimum atomic E-state index is -0.798. The Hall–Kier alpha value is -1.02. The van der Waals surface area contributed by atoms with E-state index in [4.69, 9.17) is 23.7 Å². The van der Waals surface area contributed by atoms with Gasteiger partial charge in [-0.15, -0.1) is 0 Å². The van der Waals surface area contributed by atoms with Crippen LogP contribution in [0.1, 0.15) is 32.8 Å². The second-order valence-electron chi connectivity index (χ2n) is 6.97. The van der Waals surface area contributed by atoms with Crippen molar-refractivity contribution in [3.8, 4) is 0 Å². The van der Waals surface area contributed by atoms with Crippen molar-refractivity contribution >= 4 is 0 Å². The van der Waals surface area contributed by atoms with Gasteiger partial charge in [-0.3, -0.25) is 0 Å². The third-order valence-electron chi connectivity index (χ3n) is 4.33. The molecule has 0 aromatic heterocycles. The van der Waals surface area contributed by atoms with Crippen molar-refractivity contribution in [2.45, 2.75) is 70.3 Å². The second-order valence-corrected chi connectivity index (χ2v) is 6.97. The first kappa shape index (κ1) is 18.8. The average Bonchev–Trinajstić information content (AvgIpc) is 3.06. The quantitative estimate of drug-likeness (QED) is 0.724. The summed E-state index contributed by atoms with van der Waals surface area (Å²) in [4.78, 5) is 0. The molecule has 5 atom stereocenters.